The Kier molecular flexibility index (Phi) is 6.44. The number of benzene rings is 2. The Bertz CT molecular complexity index is 1600. The molecule has 5 rings (SSSR count). The number of rotatable bonds is 4. The molecule has 38 heavy (non-hydrogen) atoms. The van der Waals surface area contributed by atoms with Gasteiger partial charge in [-0.3, -0.25) is 0 Å². The molecule has 0 saturated carbocycles. The first-order chi connectivity index (χ1) is 17.4. The summed E-state index contributed by atoms with van der Waals surface area (Å²) in [7, 11) is -16.4. The average Bonchev–Trinajstić information content (AvgIpc) is 3.23. The maximum Gasteiger partial charge on any atom is 0.244 e. The highest BCUT2D eigenvalue weighted by molar-refractivity contribution is 7.93. The van der Waals surface area contributed by atoms with Crippen LogP contribution >= 0.6 is 0 Å². The molecule has 0 aliphatic carbocycles. The van der Waals surface area contributed by atoms with Gasteiger partial charge in [0.1, 0.15) is 0 Å². The molecule has 3 heterocycles. The largest absolute Gasteiger partial charge is 0.244 e. The highest BCUT2D eigenvalue weighted by Gasteiger charge is 2.63. The van der Waals surface area contributed by atoms with Crippen LogP contribution in [0.2, 0.25) is 0 Å². The molecular weight excluding hydrogens is 573 g/mol. The number of aryl methyl sites for hydroxylation is 4. The second-order valence-electron chi connectivity index (χ2n) is 10.6. The highest BCUT2D eigenvalue weighted by atomic mass is 32.2. The van der Waals surface area contributed by atoms with Crippen LogP contribution in [-0.4, -0.2) is 89.5 Å². The van der Waals surface area contributed by atoms with E-state index in [4.69, 9.17) is 0 Å². The summed E-state index contributed by atoms with van der Waals surface area (Å²) in [6.07, 6.45) is 0. The number of sulfone groups is 2. The molecule has 2 aromatic rings. The Morgan fingerprint density at radius 3 is 1.13 bits per heavy atom. The molecule has 3 aliphatic heterocycles. The lowest BCUT2D eigenvalue weighted by Crippen LogP contribution is -2.70. The average molecular weight is 603 g/mol. The van der Waals surface area contributed by atoms with Crippen molar-refractivity contribution in [2.24, 2.45) is 0 Å². The van der Waals surface area contributed by atoms with E-state index in [1.807, 2.05) is 0 Å². The summed E-state index contributed by atoms with van der Waals surface area (Å²) in [5, 5.41) is 0. The summed E-state index contributed by atoms with van der Waals surface area (Å²) in [5.41, 5.74) is 2.53. The van der Waals surface area contributed by atoms with E-state index in [1.165, 1.54) is 12.1 Å². The van der Waals surface area contributed by atoms with Gasteiger partial charge in [0.25, 0.3) is 0 Å². The zero-order chi connectivity index (χ0) is 28.0. The first-order valence-corrected chi connectivity index (χ1v) is 18.6. The van der Waals surface area contributed by atoms with Crippen LogP contribution in [0.15, 0.2) is 46.2 Å². The highest BCUT2D eigenvalue weighted by Crippen LogP contribution is 2.43. The minimum atomic E-state index is -4.38. The first kappa shape index (κ1) is 27.7. The van der Waals surface area contributed by atoms with E-state index in [-0.39, 0.29) is 9.79 Å². The van der Waals surface area contributed by atoms with E-state index in [0.717, 1.165) is 19.7 Å². The molecular formula is C24H30N2O8S4. The molecule has 10 nitrogen and oxygen atoms in total. The van der Waals surface area contributed by atoms with Gasteiger partial charge in [-0.2, -0.15) is 8.61 Å². The molecule has 0 amide bonds. The molecule has 2 aromatic carbocycles. The van der Waals surface area contributed by atoms with Gasteiger partial charge >= 0.3 is 0 Å². The molecule has 0 unspecified atom stereocenters. The molecule has 0 N–H and O–H groups in total. The van der Waals surface area contributed by atoms with Gasteiger partial charge in [-0.1, -0.05) is 35.4 Å². The van der Waals surface area contributed by atoms with Crippen LogP contribution in [0.4, 0.5) is 0 Å². The Hall–Kier alpha value is -1.84. The van der Waals surface area contributed by atoms with Crippen molar-refractivity contribution < 1.29 is 33.7 Å². The molecule has 0 bridgehead atoms. The molecule has 0 aromatic heterocycles. The number of hydrogen-bond donors (Lipinski definition) is 0. The summed E-state index contributed by atoms with van der Waals surface area (Å²) >= 11 is 0. The third-order valence-corrected chi connectivity index (χ3v) is 15.3. The van der Waals surface area contributed by atoms with Crippen LogP contribution in [0.5, 0.6) is 0 Å². The number of fused-ring (bicyclic) bond motifs is 2. The van der Waals surface area contributed by atoms with Crippen molar-refractivity contribution in [3.05, 3.63) is 58.7 Å². The van der Waals surface area contributed by atoms with Gasteiger partial charge in [0, 0.05) is 0 Å². The zero-order valence-corrected chi connectivity index (χ0v) is 24.7. The fourth-order valence-corrected chi connectivity index (χ4v) is 14.6. The first-order valence-electron chi connectivity index (χ1n) is 12.1. The Morgan fingerprint density at radius 1 is 0.579 bits per heavy atom. The van der Waals surface area contributed by atoms with E-state index < -0.39 is 86.9 Å². The number of sulfonamides is 2. The molecule has 0 radical (unpaired) electrons. The maximum absolute atomic E-state index is 14.1. The molecule has 3 saturated heterocycles. The summed E-state index contributed by atoms with van der Waals surface area (Å²) in [5.74, 6) is -2.37. The van der Waals surface area contributed by atoms with Crippen LogP contribution < -0.4 is 0 Å². The van der Waals surface area contributed by atoms with Crippen molar-refractivity contribution in [3.8, 4) is 0 Å². The summed E-state index contributed by atoms with van der Waals surface area (Å²) in [4.78, 5) is -0.111. The monoisotopic (exact) mass is 602 g/mol. The smallest absolute Gasteiger partial charge is 0.229 e. The lowest BCUT2D eigenvalue weighted by molar-refractivity contribution is 0.0841. The van der Waals surface area contributed by atoms with Crippen LogP contribution in [-0.2, 0) is 39.7 Å². The SMILES string of the molecule is Cc1ccc(S(=O)(=O)N2[C@@H]3CS(=O)(=O)C[C@@H]3N(S(=O)(=O)c3ccc(C)cc3C)[C@H]3CS(=O)(=O)C[C@H]32)c(C)c1. The normalized spacial score (nSPS) is 29.2. The Morgan fingerprint density at radius 2 is 0.868 bits per heavy atom. The van der Waals surface area contributed by atoms with Crippen molar-refractivity contribution in [1.29, 1.82) is 0 Å². The van der Waals surface area contributed by atoms with Gasteiger partial charge in [0.05, 0.1) is 57.0 Å². The van der Waals surface area contributed by atoms with Gasteiger partial charge < -0.3 is 0 Å². The second kappa shape index (κ2) is 8.83. The molecule has 208 valence electrons. The van der Waals surface area contributed by atoms with Gasteiger partial charge in [0.15, 0.2) is 19.7 Å². The fourth-order valence-electron chi connectivity index (χ4n) is 6.20. The van der Waals surface area contributed by atoms with Gasteiger partial charge in [0.2, 0.25) is 20.0 Å². The van der Waals surface area contributed by atoms with E-state index in [1.54, 1.807) is 52.0 Å². The number of nitrogens with zero attached hydrogens (tertiary/aromatic N) is 2. The Labute approximate surface area is 224 Å². The van der Waals surface area contributed by atoms with Crippen molar-refractivity contribution in [1.82, 2.24) is 8.61 Å². The minimum absolute atomic E-state index is 0.0557. The topological polar surface area (TPSA) is 143 Å². The lowest BCUT2D eigenvalue weighted by Gasteiger charge is -2.49. The molecule has 3 fully saturated rings. The van der Waals surface area contributed by atoms with Crippen LogP contribution in [0, 0.1) is 27.7 Å². The van der Waals surface area contributed by atoms with Crippen molar-refractivity contribution >= 4 is 39.7 Å². The van der Waals surface area contributed by atoms with Crippen molar-refractivity contribution in [2.75, 3.05) is 23.0 Å². The minimum Gasteiger partial charge on any atom is -0.229 e. The summed E-state index contributed by atoms with van der Waals surface area (Å²) in [6, 6.07) is 4.40. The molecule has 0 spiro atoms. The van der Waals surface area contributed by atoms with Gasteiger partial charge in [-0.15, -0.1) is 0 Å². The predicted molar refractivity (Wildman–Crippen MR) is 142 cm³/mol. The fraction of sp³-hybridized carbons (Fsp3) is 0.500. The molecule has 3 aliphatic rings. The zero-order valence-electron chi connectivity index (χ0n) is 21.4. The van der Waals surface area contributed by atoms with Crippen LogP contribution in [0.1, 0.15) is 22.3 Å². The standard InChI is InChI=1S/C24H30N2O8S4/c1-15-5-7-23(17(3)9-15)37(31,32)25-19-11-35(27,28)13-21(19)26(22-14-36(29,30)12-20(22)25)38(33,34)24-8-6-16(2)10-18(24)4/h5-10,19-22H,11-14H2,1-4H3/t19-,20-,21+,22+. The number of piperazine rings is 1. The van der Waals surface area contributed by atoms with Gasteiger partial charge in [-0.25, -0.2) is 33.7 Å². The quantitative estimate of drug-likeness (QED) is 0.503. The third-order valence-electron chi connectivity index (χ3n) is 7.67. The number of hydrogen-bond acceptors (Lipinski definition) is 8. The maximum atomic E-state index is 14.1. The van der Waals surface area contributed by atoms with E-state index in [9.17, 15) is 33.7 Å². The van der Waals surface area contributed by atoms with E-state index in [2.05, 4.69) is 0 Å². The van der Waals surface area contributed by atoms with E-state index in [0.29, 0.717) is 11.1 Å². The molecule has 14 heteroatoms. The predicted octanol–water partition coefficient (Wildman–Crippen LogP) is 0.947. The van der Waals surface area contributed by atoms with E-state index >= 15 is 0 Å². The summed E-state index contributed by atoms with van der Waals surface area (Å²) < 4.78 is 110. The van der Waals surface area contributed by atoms with Gasteiger partial charge in [-0.05, 0) is 51.0 Å². The van der Waals surface area contributed by atoms with Crippen molar-refractivity contribution in [3.63, 3.8) is 0 Å². The second-order valence-corrected chi connectivity index (χ2v) is 18.6. The van der Waals surface area contributed by atoms with Crippen molar-refractivity contribution in [2.45, 2.75) is 61.7 Å². The summed E-state index contributed by atoms with van der Waals surface area (Å²) in [6.45, 7) is 6.84. The Balaban J connectivity index is 1.73. The lowest BCUT2D eigenvalue weighted by atomic mass is 10.0. The molecule has 4 atom stereocenters. The van der Waals surface area contributed by atoms with Crippen LogP contribution in [0.3, 0.4) is 0 Å². The van der Waals surface area contributed by atoms with Crippen LogP contribution in [0.25, 0.3) is 0 Å². The third kappa shape index (κ3) is 4.42.